The van der Waals surface area contributed by atoms with Gasteiger partial charge in [0.15, 0.2) is 0 Å². The van der Waals surface area contributed by atoms with E-state index < -0.39 is 5.41 Å². The normalized spacial score (nSPS) is 15.9. The highest BCUT2D eigenvalue weighted by atomic mass is 16.5. The molecule has 0 aromatic heterocycles. The summed E-state index contributed by atoms with van der Waals surface area (Å²) in [6.07, 6.45) is 0. The molecular formula is C25H33N3O3. The van der Waals surface area contributed by atoms with Crippen LogP contribution in [0, 0.1) is 0 Å². The number of amides is 2. The van der Waals surface area contributed by atoms with Crippen LogP contribution >= 0.6 is 0 Å². The molecule has 166 valence electrons. The second-order valence-corrected chi connectivity index (χ2v) is 8.44. The summed E-state index contributed by atoms with van der Waals surface area (Å²) in [5.74, 6) is 0.867. The third-order valence-electron chi connectivity index (χ3n) is 5.99. The van der Waals surface area contributed by atoms with Gasteiger partial charge in [-0.3, -0.25) is 14.5 Å². The van der Waals surface area contributed by atoms with Crippen LogP contribution in [0.2, 0.25) is 0 Å². The van der Waals surface area contributed by atoms with Crippen LogP contribution in [0.5, 0.6) is 5.75 Å². The summed E-state index contributed by atoms with van der Waals surface area (Å²) in [4.78, 5) is 29.9. The van der Waals surface area contributed by atoms with Crippen molar-refractivity contribution < 1.29 is 14.3 Å². The Morgan fingerprint density at radius 3 is 2.19 bits per heavy atom. The molecule has 1 aliphatic heterocycles. The molecule has 0 spiro atoms. The van der Waals surface area contributed by atoms with Crippen molar-refractivity contribution in [3.63, 3.8) is 0 Å². The molecular weight excluding hydrogens is 390 g/mol. The number of carbonyl (C=O) groups is 2. The maximum Gasteiger partial charge on any atom is 0.241 e. The lowest BCUT2D eigenvalue weighted by molar-refractivity contribution is -0.138. The summed E-state index contributed by atoms with van der Waals surface area (Å²) in [5, 5.41) is 2.97. The highest BCUT2D eigenvalue weighted by Crippen LogP contribution is 2.26. The molecule has 0 aliphatic carbocycles. The van der Waals surface area contributed by atoms with E-state index in [9.17, 15) is 9.59 Å². The largest absolute Gasteiger partial charge is 0.494 e. The topological polar surface area (TPSA) is 61.9 Å². The molecule has 1 atom stereocenters. The predicted octanol–water partition coefficient (Wildman–Crippen LogP) is 3.53. The fourth-order valence-electron chi connectivity index (χ4n) is 3.90. The Balaban J connectivity index is 1.53. The Bertz CT molecular complexity index is 873. The molecule has 6 heteroatoms. The summed E-state index contributed by atoms with van der Waals surface area (Å²) >= 11 is 0. The van der Waals surface area contributed by atoms with Gasteiger partial charge >= 0.3 is 0 Å². The molecule has 0 radical (unpaired) electrons. The van der Waals surface area contributed by atoms with Gasteiger partial charge in [0.2, 0.25) is 11.8 Å². The number of rotatable bonds is 7. The van der Waals surface area contributed by atoms with E-state index in [2.05, 4.69) is 10.2 Å². The maximum atomic E-state index is 13.2. The number of nitrogens with one attached hydrogen (secondary N) is 1. The van der Waals surface area contributed by atoms with Crippen molar-refractivity contribution >= 4 is 17.5 Å². The monoisotopic (exact) mass is 423 g/mol. The molecule has 1 unspecified atom stereocenters. The lowest BCUT2D eigenvalue weighted by Crippen LogP contribution is -2.56. The smallest absolute Gasteiger partial charge is 0.241 e. The molecule has 0 bridgehead atoms. The van der Waals surface area contributed by atoms with Gasteiger partial charge in [0.1, 0.15) is 5.75 Å². The van der Waals surface area contributed by atoms with E-state index in [1.165, 1.54) is 0 Å². The number of ether oxygens (including phenoxy) is 1. The van der Waals surface area contributed by atoms with Gasteiger partial charge in [-0.05, 0) is 57.5 Å². The van der Waals surface area contributed by atoms with Crippen molar-refractivity contribution in [2.75, 3.05) is 38.1 Å². The molecule has 6 nitrogen and oxygen atoms in total. The molecule has 2 aromatic rings. The van der Waals surface area contributed by atoms with Crippen LogP contribution in [0.25, 0.3) is 0 Å². The summed E-state index contributed by atoms with van der Waals surface area (Å²) in [6, 6.07) is 17.0. The Morgan fingerprint density at radius 2 is 1.61 bits per heavy atom. The standard InChI is InChI=1S/C25H33N3O3/c1-5-31-22-13-11-21(12-14-22)26-23(29)19(2)27-15-17-28(18-16-27)24(30)25(3,4)20-9-7-6-8-10-20/h6-14,19H,5,15-18H2,1-4H3,(H,26,29). The quantitative estimate of drug-likeness (QED) is 0.740. The first kappa shape index (κ1) is 22.8. The van der Waals surface area contributed by atoms with Crippen molar-refractivity contribution in [2.45, 2.75) is 39.2 Å². The first-order chi connectivity index (χ1) is 14.8. The first-order valence-electron chi connectivity index (χ1n) is 11.0. The molecule has 2 amide bonds. The zero-order chi connectivity index (χ0) is 22.4. The van der Waals surface area contributed by atoms with E-state index in [-0.39, 0.29) is 17.9 Å². The third-order valence-corrected chi connectivity index (χ3v) is 5.99. The highest BCUT2D eigenvalue weighted by molar-refractivity contribution is 5.94. The fourth-order valence-corrected chi connectivity index (χ4v) is 3.90. The Hall–Kier alpha value is -2.86. The number of carbonyl (C=O) groups excluding carboxylic acids is 2. The van der Waals surface area contributed by atoms with Crippen LogP contribution in [0.1, 0.15) is 33.3 Å². The molecule has 3 rings (SSSR count). The van der Waals surface area contributed by atoms with Gasteiger partial charge in [0, 0.05) is 31.9 Å². The zero-order valence-electron chi connectivity index (χ0n) is 18.9. The second-order valence-electron chi connectivity index (χ2n) is 8.44. The average molecular weight is 424 g/mol. The third kappa shape index (κ3) is 5.44. The Kier molecular flexibility index (Phi) is 7.33. The molecule has 1 fully saturated rings. The number of nitrogens with zero attached hydrogens (tertiary/aromatic N) is 2. The summed E-state index contributed by atoms with van der Waals surface area (Å²) in [5.41, 5.74) is 1.20. The molecule has 1 aliphatic rings. The lowest BCUT2D eigenvalue weighted by atomic mass is 9.83. The van der Waals surface area contributed by atoms with Crippen LogP contribution < -0.4 is 10.1 Å². The van der Waals surface area contributed by atoms with Gasteiger partial charge in [0.05, 0.1) is 18.1 Å². The van der Waals surface area contributed by atoms with E-state index in [0.29, 0.717) is 32.8 Å². The molecule has 2 aromatic carbocycles. The van der Waals surface area contributed by atoms with Crippen LogP contribution in [0.3, 0.4) is 0 Å². The molecule has 1 N–H and O–H groups in total. The Labute approximate surface area is 185 Å². The minimum absolute atomic E-state index is 0.0476. The van der Waals surface area contributed by atoms with Crippen molar-refractivity contribution in [3.05, 3.63) is 60.2 Å². The number of hydrogen-bond acceptors (Lipinski definition) is 4. The second kappa shape index (κ2) is 9.96. The van der Waals surface area contributed by atoms with E-state index in [0.717, 1.165) is 17.0 Å². The number of benzene rings is 2. The van der Waals surface area contributed by atoms with Crippen molar-refractivity contribution in [2.24, 2.45) is 0 Å². The van der Waals surface area contributed by atoms with E-state index in [1.54, 1.807) is 0 Å². The van der Waals surface area contributed by atoms with Gasteiger partial charge < -0.3 is 15.0 Å². The maximum absolute atomic E-state index is 13.2. The van der Waals surface area contributed by atoms with Crippen LogP contribution in [0.15, 0.2) is 54.6 Å². The van der Waals surface area contributed by atoms with Gasteiger partial charge in [-0.1, -0.05) is 30.3 Å². The summed E-state index contributed by atoms with van der Waals surface area (Å²) < 4.78 is 5.44. The Morgan fingerprint density at radius 1 is 1.00 bits per heavy atom. The van der Waals surface area contributed by atoms with Crippen LogP contribution in [-0.2, 0) is 15.0 Å². The van der Waals surface area contributed by atoms with Gasteiger partial charge in [-0.25, -0.2) is 0 Å². The number of hydrogen-bond donors (Lipinski definition) is 1. The van der Waals surface area contributed by atoms with E-state index >= 15 is 0 Å². The van der Waals surface area contributed by atoms with E-state index in [1.807, 2.05) is 87.2 Å². The lowest BCUT2D eigenvalue weighted by Gasteiger charge is -2.40. The van der Waals surface area contributed by atoms with Crippen LogP contribution in [0.4, 0.5) is 5.69 Å². The average Bonchev–Trinajstić information content (AvgIpc) is 2.80. The minimum atomic E-state index is -0.569. The first-order valence-corrected chi connectivity index (χ1v) is 11.0. The SMILES string of the molecule is CCOc1ccc(NC(=O)C(C)N2CCN(C(=O)C(C)(C)c3ccccc3)CC2)cc1. The summed E-state index contributed by atoms with van der Waals surface area (Å²) in [6.45, 7) is 11.0. The van der Waals surface area contributed by atoms with Gasteiger partial charge in [-0.2, -0.15) is 0 Å². The van der Waals surface area contributed by atoms with Crippen molar-refractivity contribution in [1.29, 1.82) is 0 Å². The number of piperazine rings is 1. The molecule has 0 saturated carbocycles. The van der Waals surface area contributed by atoms with Crippen molar-refractivity contribution in [1.82, 2.24) is 9.80 Å². The number of anilines is 1. The highest BCUT2D eigenvalue weighted by Gasteiger charge is 2.36. The minimum Gasteiger partial charge on any atom is -0.494 e. The zero-order valence-corrected chi connectivity index (χ0v) is 18.9. The summed E-state index contributed by atoms with van der Waals surface area (Å²) in [7, 11) is 0. The van der Waals surface area contributed by atoms with Gasteiger partial charge in [-0.15, -0.1) is 0 Å². The predicted molar refractivity (Wildman–Crippen MR) is 123 cm³/mol. The molecule has 1 heterocycles. The van der Waals surface area contributed by atoms with Crippen LogP contribution in [-0.4, -0.2) is 60.4 Å². The van der Waals surface area contributed by atoms with Gasteiger partial charge in [0.25, 0.3) is 0 Å². The fraction of sp³-hybridized carbons (Fsp3) is 0.440. The van der Waals surface area contributed by atoms with Crippen molar-refractivity contribution in [3.8, 4) is 5.75 Å². The molecule has 1 saturated heterocycles. The van der Waals surface area contributed by atoms with E-state index in [4.69, 9.17) is 4.74 Å². The molecule has 31 heavy (non-hydrogen) atoms.